The molecule has 1 aliphatic heterocycles. The molecule has 4 heteroatoms. The normalized spacial score (nSPS) is 17.8. The molecule has 0 amide bonds. The lowest BCUT2D eigenvalue weighted by atomic mass is 9.86. The molecule has 1 aliphatic rings. The summed E-state index contributed by atoms with van der Waals surface area (Å²) < 4.78 is 34.2. The van der Waals surface area contributed by atoms with Gasteiger partial charge >= 0.3 is 0 Å². The second-order valence-corrected chi connectivity index (χ2v) is 4.85. The molecule has 0 aliphatic carbocycles. The number of nitrogens with one attached hydrogen (secondary N) is 1. The third-order valence-corrected chi connectivity index (χ3v) is 3.57. The fourth-order valence-electron chi connectivity index (χ4n) is 2.49. The minimum atomic E-state index is -2.82. The van der Waals surface area contributed by atoms with E-state index in [4.69, 9.17) is 4.74 Å². The topological polar surface area (TPSA) is 21.3 Å². The molecule has 0 saturated carbocycles. The molecule has 2 nitrogen and oxygen atoms in total. The standard InChI is InChI=1S/C14H19F2NO/c1-10-3-4-13(18-2)12(9-10)14(15,16)11-5-7-17-8-6-11/h3-4,9,11,17H,5-8H2,1-2H3. The first-order valence-corrected chi connectivity index (χ1v) is 6.29. The van der Waals surface area contributed by atoms with E-state index in [9.17, 15) is 8.78 Å². The maximum Gasteiger partial charge on any atom is 0.279 e. The van der Waals surface area contributed by atoms with Crippen molar-refractivity contribution in [3.8, 4) is 5.75 Å². The number of alkyl halides is 2. The molecule has 0 bridgehead atoms. The van der Waals surface area contributed by atoms with Crippen LogP contribution in [0.1, 0.15) is 24.0 Å². The predicted octanol–water partition coefficient (Wildman–Crippen LogP) is 3.10. The van der Waals surface area contributed by atoms with Gasteiger partial charge in [0.2, 0.25) is 0 Å². The molecule has 2 rings (SSSR count). The third-order valence-electron chi connectivity index (χ3n) is 3.57. The zero-order valence-corrected chi connectivity index (χ0v) is 10.8. The van der Waals surface area contributed by atoms with Crippen LogP contribution in [0.15, 0.2) is 18.2 Å². The Kier molecular flexibility index (Phi) is 3.85. The summed E-state index contributed by atoms with van der Waals surface area (Å²) >= 11 is 0. The number of hydrogen-bond acceptors (Lipinski definition) is 2. The molecule has 1 fully saturated rings. The summed E-state index contributed by atoms with van der Waals surface area (Å²) in [6.45, 7) is 3.14. The summed E-state index contributed by atoms with van der Waals surface area (Å²) in [7, 11) is 1.44. The second-order valence-electron chi connectivity index (χ2n) is 4.85. The predicted molar refractivity (Wildman–Crippen MR) is 67.2 cm³/mol. The van der Waals surface area contributed by atoms with Crippen LogP contribution in [-0.4, -0.2) is 20.2 Å². The summed E-state index contributed by atoms with van der Waals surface area (Å²) in [5.74, 6) is -3.14. The Morgan fingerprint density at radius 1 is 1.28 bits per heavy atom. The van der Waals surface area contributed by atoms with Crippen molar-refractivity contribution in [3.63, 3.8) is 0 Å². The van der Waals surface area contributed by atoms with Crippen LogP contribution >= 0.6 is 0 Å². The Labute approximate surface area is 106 Å². The van der Waals surface area contributed by atoms with Crippen LogP contribution in [0, 0.1) is 12.8 Å². The number of ether oxygens (including phenoxy) is 1. The maximum atomic E-state index is 14.6. The Bertz CT molecular complexity index is 414. The Balaban J connectivity index is 2.35. The first-order valence-electron chi connectivity index (χ1n) is 6.29. The van der Waals surface area contributed by atoms with Crippen molar-refractivity contribution in [2.45, 2.75) is 25.7 Å². The van der Waals surface area contributed by atoms with Crippen LogP contribution in [0.5, 0.6) is 5.75 Å². The van der Waals surface area contributed by atoms with Crippen LogP contribution in [-0.2, 0) is 5.92 Å². The van der Waals surface area contributed by atoms with Crippen molar-refractivity contribution in [1.29, 1.82) is 0 Å². The number of aryl methyl sites for hydroxylation is 1. The number of hydrogen-bond donors (Lipinski definition) is 1. The highest BCUT2D eigenvalue weighted by Gasteiger charge is 2.43. The van der Waals surface area contributed by atoms with Crippen molar-refractivity contribution in [3.05, 3.63) is 29.3 Å². The molecule has 1 saturated heterocycles. The number of rotatable bonds is 3. The average Bonchev–Trinajstić information content (AvgIpc) is 2.39. The van der Waals surface area contributed by atoms with Gasteiger partial charge in [-0.2, -0.15) is 0 Å². The van der Waals surface area contributed by atoms with Crippen LogP contribution in [0.2, 0.25) is 0 Å². The summed E-state index contributed by atoms with van der Waals surface area (Å²) in [5.41, 5.74) is 0.858. The van der Waals surface area contributed by atoms with Gasteiger partial charge in [0.1, 0.15) is 5.75 Å². The lowest BCUT2D eigenvalue weighted by Gasteiger charge is -2.31. The van der Waals surface area contributed by atoms with Crippen molar-refractivity contribution < 1.29 is 13.5 Å². The van der Waals surface area contributed by atoms with E-state index in [1.54, 1.807) is 18.2 Å². The van der Waals surface area contributed by atoms with Crippen LogP contribution in [0.4, 0.5) is 8.78 Å². The van der Waals surface area contributed by atoms with Gasteiger partial charge in [0.25, 0.3) is 5.92 Å². The molecular weight excluding hydrogens is 236 g/mol. The maximum absolute atomic E-state index is 14.6. The lowest BCUT2D eigenvalue weighted by molar-refractivity contribution is -0.0768. The van der Waals surface area contributed by atoms with Crippen LogP contribution in [0.25, 0.3) is 0 Å². The van der Waals surface area contributed by atoms with Gasteiger partial charge in [0, 0.05) is 5.92 Å². The molecule has 1 heterocycles. The zero-order valence-electron chi connectivity index (χ0n) is 10.8. The van der Waals surface area contributed by atoms with Crippen LogP contribution in [0.3, 0.4) is 0 Å². The summed E-state index contributed by atoms with van der Waals surface area (Å²) in [6, 6.07) is 4.96. The van der Waals surface area contributed by atoms with Gasteiger partial charge in [-0.15, -0.1) is 0 Å². The molecule has 100 valence electrons. The monoisotopic (exact) mass is 255 g/mol. The summed E-state index contributed by atoms with van der Waals surface area (Å²) in [5, 5.41) is 3.11. The smallest absolute Gasteiger partial charge is 0.279 e. The molecule has 0 spiro atoms. The van der Waals surface area contributed by atoms with Gasteiger partial charge in [-0.3, -0.25) is 0 Å². The molecule has 1 N–H and O–H groups in total. The second kappa shape index (κ2) is 5.22. The van der Waals surface area contributed by atoms with E-state index in [-0.39, 0.29) is 11.3 Å². The quantitative estimate of drug-likeness (QED) is 0.896. The number of piperidine rings is 1. The molecule has 1 aromatic rings. The van der Waals surface area contributed by atoms with Gasteiger partial charge in [-0.05, 0) is 45.0 Å². The van der Waals surface area contributed by atoms with Crippen molar-refractivity contribution in [2.24, 2.45) is 5.92 Å². The van der Waals surface area contributed by atoms with Gasteiger partial charge in [-0.1, -0.05) is 11.6 Å². The van der Waals surface area contributed by atoms with E-state index >= 15 is 0 Å². The van der Waals surface area contributed by atoms with Gasteiger partial charge in [-0.25, -0.2) is 8.78 Å². The number of methoxy groups -OCH3 is 1. The fraction of sp³-hybridized carbons (Fsp3) is 0.571. The largest absolute Gasteiger partial charge is 0.496 e. The Morgan fingerprint density at radius 2 is 1.94 bits per heavy atom. The average molecular weight is 255 g/mol. The molecular formula is C14H19F2NO. The SMILES string of the molecule is COc1ccc(C)cc1C(F)(F)C1CCNCC1. The van der Waals surface area contributed by atoms with E-state index in [1.807, 2.05) is 6.92 Å². The summed E-state index contributed by atoms with van der Waals surface area (Å²) in [4.78, 5) is 0. The molecule has 18 heavy (non-hydrogen) atoms. The minimum absolute atomic E-state index is 0.0249. The molecule has 1 aromatic carbocycles. The fourth-order valence-corrected chi connectivity index (χ4v) is 2.49. The van der Waals surface area contributed by atoms with E-state index in [0.717, 1.165) is 5.56 Å². The minimum Gasteiger partial charge on any atom is -0.496 e. The number of benzene rings is 1. The Hall–Kier alpha value is -1.16. The van der Waals surface area contributed by atoms with Gasteiger partial charge < -0.3 is 10.1 Å². The highest BCUT2D eigenvalue weighted by atomic mass is 19.3. The van der Waals surface area contributed by atoms with Crippen molar-refractivity contribution in [2.75, 3.05) is 20.2 Å². The molecule has 0 radical (unpaired) electrons. The summed E-state index contributed by atoms with van der Waals surface area (Å²) in [6.07, 6.45) is 1.01. The first-order chi connectivity index (χ1) is 8.55. The highest BCUT2D eigenvalue weighted by Crippen LogP contribution is 2.44. The van der Waals surface area contributed by atoms with Crippen molar-refractivity contribution in [1.82, 2.24) is 5.32 Å². The van der Waals surface area contributed by atoms with Crippen LogP contribution < -0.4 is 10.1 Å². The Morgan fingerprint density at radius 3 is 2.56 bits per heavy atom. The van der Waals surface area contributed by atoms with Gasteiger partial charge in [0.05, 0.1) is 12.7 Å². The van der Waals surface area contributed by atoms with Crippen molar-refractivity contribution >= 4 is 0 Å². The lowest BCUT2D eigenvalue weighted by Crippen LogP contribution is -2.36. The first kappa shape index (κ1) is 13.3. The molecule has 0 unspecified atom stereocenters. The highest BCUT2D eigenvalue weighted by molar-refractivity contribution is 5.40. The van der Waals surface area contributed by atoms with E-state index in [2.05, 4.69) is 5.32 Å². The van der Waals surface area contributed by atoms with E-state index in [1.165, 1.54) is 7.11 Å². The van der Waals surface area contributed by atoms with E-state index in [0.29, 0.717) is 25.9 Å². The van der Waals surface area contributed by atoms with E-state index < -0.39 is 11.8 Å². The third kappa shape index (κ3) is 2.48. The molecule has 0 atom stereocenters. The number of halogens is 2. The van der Waals surface area contributed by atoms with Gasteiger partial charge in [0.15, 0.2) is 0 Å². The molecule has 0 aromatic heterocycles. The zero-order chi connectivity index (χ0) is 13.2.